The molecule has 0 aliphatic heterocycles. The van der Waals surface area contributed by atoms with E-state index < -0.39 is 0 Å². The van der Waals surface area contributed by atoms with Crippen molar-refractivity contribution >= 4 is 0 Å². The van der Waals surface area contributed by atoms with Gasteiger partial charge >= 0.3 is 0 Å². The van der Waals surface area contributed by atoms with Crippen LogP contribution in [0.4, 0.5) is 0 Å². The minimum Gasteiger partial charge on any atom is -0.198 e. The first-order chi connectivity index (χ1) is 5.12. The van der Waals surface area contributed by atoms with E-state index in [9.17, 15) is 0 Å². The second kappa shape index (κ2) is 5.18. The molecule has 0 aromatic rings. The van der Waals surface area contributed by atoms with Crippen LogP contribution in [0.5, 0.6) is 0 Å². The normalized spacial score (nSPS) is 11.1. The van der Waals surface area contributed by atoms with Crippen molar-refractivity contribution in [2.45, 2.75) is 46.0 Å². The van der Waals surface area contributed by atoms with Gasteiger partial charge in [-0.25, -0.2) is 0 Å². The van der Waals surface area contributed by atoms with Gasteiger partial charge in [-0.15, -0.1) is 0 Å². The molecular weight excluding hydrogens is 134 g/mol. The van der Waals surface area contributed by atoms with Crippen LogP contribution in [0.2, 0.25) is 0 Å². The maximum atomic E-state index is 8.47. The lowest BCUT2D eigenvalue weighted by Gasteiger charge is -2.19. The summed E-state index contributed by atoms with van der Waals surface area (Å²) < 4.78 is 0. The summed E-state index contributed by atoms with van der Waals surface area (Å²) >= 11 is 0. The summed E-state index contributed by atoms with van der Waals surface area (Å²) in [5.41, 5.74) is -0.01000. The number of hydrogen-bond donors (Lipinski definition) is 0. The Bertz CT molecular complexity index is 130. The van der Waals surface area contributed by atoms with Crippen molar-refractivity contribution in [3.05, 3.63) is 6.92 Å². The molecular formula is C10H18N. The van der Waals surface area contributed by atoms with Gasteiger partial charge in [0.05, 0.1) is 6.07 Å². The number of hydrogen-bond acceptors (Lipinski definition) is 1. The molecule has 0 aromatic heterocycles. The van der Waals surface area contributed by atoms with Crippen molar-refractivity contribution in [1.29, 1.82) is 5.26 Å². The Hall–Kier alpha value is -0.510. The highest BCUT2D eigenvalue weighted by molar-refractivity contribution is 4.86. The lowest BCUT2D eigenvalue weighted by molar-refractivity contribution is 0.376. The molecule has 0 aliphatic rings. The van der Waals surface area contributed by atoms with Crippen LogP contribution in [0.3, 0.4) is 0 Å². The van der Waals surface area contributed by atoms with E-state index in [1.165, 1.54) is 19.3 Å². The van der Waals surface area contributed by atoms with E-state index >= 15 is 0 Å². The van der Waals surface area contributed by atoms with Crippen molar-refractivity contribution in [2.75, 3.05) is 0 Å². The highest BCUT2D eigenvalue weighted by Crippen LogP contribution is 2.26. The maximum Gasteiger partial charge on any atom is 0.0627 e. The lowest BCUT2D eigenvalue weighted by atomic mass is 9.84. The van der Waals surface area contributed by atoms with Gasteiger partial charge in [-0.05, 0) is 18.8 Å². The van der Waals surface area contributed by atoms with Crippen molar-refractivity contribution in [3.8, 4) is 6.07 Å². The van der Waals surface area contributed by atoms with E-state index in [-0.39, 0.29) is 5.41 Å². The molecule has 0 N–H and O–H groups in total. The first-order valence-corrected chi connectivity index (χ1v) is 4.34. The molecule has 0 amide bonds. The van der Waals surface area contributed by atoms with Crippen LogP contribution in [0, 0.1) is 23.7 Å². The Morgan fingerprint density at radius 1 is 1.45 bits per heavy atom. The fourth-order valence-corrected chi connectivity index (χ4v) is 1.08. The third-order valence-electron chi connectivity index (χ3n) is 1.89. The van der Waals surface area contributed by atoms with E-state index in [0.717, 1.165) is 6.42 Å². The Kier molecular flexibility index (Phi) is 4.94. The molecule has 11 heavy (non-hydrogen) atoms. The Morgan fingerprint density at radius 2 is 2.09 bits per heavy atom. The quantitative estimate of drug-likeness (QED) is 0.554. The molecule has 1 radical (unpaired) electrons. The van der Waals surface area contributed by atoms with Crippen molar-refractivity contribution in [1.82, 2.24) is 0 Å². The first kappa shape index (κ1) is 10.5. The molecule has 1 atom stereocenters. The Balaban J connectivity index is 3.48. The number of rotatable bonds is 5. The largest absolute Gasteiger partial charge is 0.198 e. The summed E-state index contributed by atoms with van der Waals surface area (Å²) in [6.45, 7) is 8.26. The predicted molar refractivity (Wildman–Crippen MR) is 47.8 cm³/mol. The van der Waals surface area contributed by atoms with Crippen LogP contribution in [0.25, 0.3) is 0 Å². The molecule has 63 valence electrons. The molecule has 0 saturated heterocycles. The van der Waals surface area contributed by atoms with Crippen LogP contribution in [0.15, 0.2) is 0 Å². The van der Waals surface area contributed by atoms with Gasteiger partial charge in [0, 0.05) is 6.42 Å². The molecule has 1 heteroatoms. The number of nitrogens with zero attached hydrogens (tertiary/aromatic N) is 1. The molecule has 0 aromatic carbocycles. The molecule has 0 saturated carbocycles. The fourth-order valence-electron chi connectivity index (χ4n) is 1.08. The van der Waals surface area contributed by atoms with Gasteiger partial charge in [0.2, 0.25) is 0 Å². The molecule has 1 unspecified atom stereocenters. The Labute approximate surface area is 70.4 Å². The minimum atomic E-state index is -0.01000. The zero-order chi connectivity index (χ0) is 8.74. The number of unbranched alkanes of at least 4 members (excludes halogenated alkanes) is 2. The van der Waals surface area contributed by atoms with E-state index in [4.69, 9.17) is 5.26 Å². The monoisotopic (exact) mass is 152 g/mol. The van der Waals surface area contributed by atoms with Crippen LogP contribution in [0.1, 0.15) is 46.0 Å². The van der Waals surface area contributed by atoms with Crippen molar-refractivity contribution in [3.63, 3.8) is 0 Å². The van der Waals surface area contributed by atoms with Crippen LogP contribution >= 0.6 is 0 Å². The van der Waals surface area contributed by atoms with E-state index in [2.05, 4.69) is 26.8 Å². The summed E-state index contributed by atoms with van der Waals surface area (Å²) in [6.07, 6.45) is 5.36. The lowest BCUT2D eigenvalue weighted by Crippen LogP contribution is -2.10. The third-order valence-corrected chi connectivity index (χ3v) is 1.89. The van der Waals surface area contributed by atoms with Gasteiger partial charge in [-0.1, -0.05) is 33.1 Å². The summed E-state index contributed by atoms with van der Waals surface area (Å²) in [7, 11) is 0. The second-order valence-corrected chi connectivity index (χ2v) is 3.60. The van der Waals surface area contributed by atoms with Crippen LogP contribution in [-0.2, 0) is 0 Å². The van der Waals surface area contributed by atoms with Gasteiger partial charge in [0.1, 0.15) is 0 Å². The van der Waals surface area contributed by atoms with Gasteiger partial charge in [-0.2, -0.15) is 5.26 Å². The van der Waals surface area contributed by atoms with Crippen molar-refractivity contribution in [2.24, 2.45) is 5.41 Å². The Morgan fingerprint density at radius 3 is 2.55 bits per heavy atom. The highest BCUT2D eigenvalue weighted by Gasteiger charge is 2.16. The zero-order valence-electron chi connectivity index (χ0n) is 7.69. The average Bonchev–Trinajstić information content (AvgIpc) is 1.87. The summed E-state index contributed by atoms with van der Waals surface area (Å²) in [5, 5.41) is 8.47. The van der Waals surface area contributed by atoms with E-state index in [1.54, 1.807) is 0 Å². The minimum absolute atomic E-state index is 0.01000. The third kappa shape index (κ3) is 5.91. The van der Waals surface area contributed by atoms with E-state index in [1.807, 2.05) is 0 Å². The molecule has 0 fully saturated rings. The second-order valence-electron chi connectivity index (χ2n) is 3.60. The van der Waals surface area contributed by atoms with Crippen LogP contribution < -0.4 is 0 Å². The van der Waals surface area contributed by atoms with Gasteiger partial charge < -0.3 is 0 Å². The fraction of sp³-hybridized carbons (Fsp3) is 0.800. The zero-order valence-corrected chi connectivity index (χ0v) is 7.69. The first-order valence-electron chi connectivity index (χ1n) is 4.34. The molecule has 0 aliphatic carbocycles. The van der Waals surface area contributed by atoms with Crippen molar-refractivity contribution < 1.29 is 0 Å². The standard InChI is InChI=1S/C10H18N/c1-4-5-6-7-10(2,3)8-9-11/h2,4-8H2,1,3H3. The molecule has 0 heterocycles. The molecule has 0 spiro atoms. The molecule has 0 rings (SSSR count). The predicted octanol–water partition coefficient (Wildman–Crippen LogP) is 3.32. The SMILES string of the molecule is [CH2]C(C)(CC#N)CCCCC. The topological polar surface area (TPSA) is 23.8 Å². The van der Waals surface area contributed by atoms with Gasteiger partial charge in [0.25, 0.3) is 0 Å². The molecule has 1 nitrogen and oxygen atoms in total. The summed E-state index contributed by atoms with van der Waals surface area (Å²) in [5.74, 6) is 0. The van der Waals surface area contributed by atoms with Gasteiger partial charge in [0.15, 0.2) is 0 Å². The number of nitriles is 1. The summed E-state index contributed by atoms with van der Waals surface area (Å²) in [4.78, 5) is 0. The van der Waals surface area contributed by atoms with Crippen LogP contribution in [-0.4, -0.2) is 0 Å². The van der Waals surface area contributed by atoms with Gasteiger partial charge in [-0.3, -0.25) is 0 Å². The highest BCUT2D eigenvalue weighted by atomic mass is 14.3. The maximum absolute atomic E-state index is 8.47. The summed E-state index contributed by atoms with van der Waals surface area (Å²) in [6, 6.07) is 2.17. The molecule has 0 bridgehead atoms. The smallest absolute Gasteiger partial charge is 0.0627 e. The average molecular weight is 152 g/mol. The van der Waals surface area contributed by atoms with E-state index in [0.29, 0.717) is 6.42 Å².